The van der Waals surface area contributed by atoms with Gasteiger partial charge in [-0.25, -0.2) is 8.42 Å². The molecule has 2 aromatic rings. The van der Waals surface area contributed by atoms with Crippen molar-refractivity contribution in [2.45, 2.75) is 17.9 Å². The number of morpholine rings is 1. The number of nitrogens with one attached hydrogen (secondary N) is 1. The predicted octanol–water partition coefficient (Wildman–Crippen LogP) is 2.20. The summed E-state index contributed by atoms with van der Waals surface area (Å²) in [6, 6.07) is 15.6. The first-order chi connectivity index (χ1) is 12.5. The van der Waals surface area contributed by atoms with Crippen LogP contribution < -0.4 is 5.32 Å². The van der Waals surface area contributed by atoms with Crippen molar-refractivity contribution in [3.63, 3.8) is 0 Å². The molecule has 0 aliphatic carbocycles. The molecule has 0 spiro atoms. The van der Waals surface area contributed by atoms with Crippen molar-refractivity contribution in [1.29, 1.82) is 0 Å². The molecule has 0 radical (unpaired) electrons. The fourth-order valence-electron chi connectivity index (χ4n) is 2.84. The zero-order valence-corrected chi connectivity index (χ0v) is 15.4. The maximum absolute atomic E-state index is 12.7. The lowest BCUT2D eigenvalue weighted by molar-refractivity contribution is 0.0730. The van der Waals surface area contributed by atoms with Gasteiger partial charge in [0.25, 0.3) is 5.91 Å². The Hall–Kier alpha value is -2.22. The molecule has 1 fully saturated rings. The average molecular weight is 374 g/mol. The molecule has 26 heavy (non-hydrogen) atoms. The quantitative estimate of drug-likeness (QED) is 0.871. The van der Waals surface area contributed by atoms with E-state index < -0.39 is 10.0 Å². The molecule has 1 aliphatic heterocycles. The number of amides is 1. The third-order valence-electron chi connectivity index (χ3n) is 4.35. The van der Waals surface area contributed by atoms with Gasteiger partial charge < -0.3 is 10.1 Å². The maximum Gasteiger partial charge on any atom is 0.251 e. The minimum atomic E-state index is -3.63. The number of carbonyl (C=O) groups is 1. The van der Waals surface area contributed by atoms with Gasteiger partial charge in [0.15, 0.2) is 0 Å². The molecule has 0 aromatic heterocycles. The third-order valence-corrected chi connectivity index (χ3v) is 6.25. The molecule has 1 heterocycles. The van der Waals surface area contributed by atoms with E-state index in [1.54, 1.807) is 12.1 Å². The van der Waals surface area contributed by atoms with Gasteiger partial charge in [0.2, 0.25) is 10.0 Å². The van der Waals surface area contributed by atoms with Crippen molar-refractivity contribution in [3.05, 3.63) is 65.7 Å². The van der Waals surface area contributed by atoms with E-state index in [1.807, 2.05) is 37.3 Å². The molecule has 1 atom stereocenters. The van der Waals surface area contributed by atoms with Gasteiger partial charge >= 0.3 is 0 Å². The summed E-state index contributed by atoms with van der Waals surface area (Å²) in [6.07, 6.45) is 0. The van der Waals surface area contributed by atoms with Crippen LogP contribution in [0.3, 0.4) is 0 Å². The monoisotopic (exact) mass is 374 g/mol. The van der Waals surface area contributed by atoms with Crippen molar-refractivity contribution >= 4 is 15.9 Å². The van der Waals surface area contributed by atoms with E-state index in [4.69, 9.17) is 4.74 Å². The molecule has 0 saturated carbocycles. The highest BCUT2D eigenvalue weighted by atomic mass is 32.2. The van der Waals surface area contributed by atoms with Crippen molar-refractivity contribution in [2.24, 2.45) is 0 Å². The highest BCUT2D eigenvalue weighted by molar-refractivity contribution is 7.89. The van der Waals surface area contributed by atoms with Gasteiger partial charge in [0.05, 0.1) is 24.2 Å². The van der Waals surface area contributed by atoms with Crippen molar-refractivity contribution in [3.8, 4) is 0 Å². The number of carbonyl (C=O) groups excluding carboxylic acids is 1. The van der Waals surface area contributed by atoms with E-state index in [0.29, 0.717) is 31.9 Å². The lowest BCUT2D eigenvalue weighted by atomic mass is 10.1. The van der Waals surface area contributed by atoms with Crippen LogP contribution in [0.25, 0.3) is 0 Å². The summed E-state index contributed by atoms with van der Waals surface area (Å²) >= 11 is 0. The molecule has 1 N–H and O–H groups in total. The van der Waals surface area contributed by atoms with Crippen LogP contribution in [0, 0.1) is 0 Å². The molecule has 1 saturated heterocycles. The molecule has 0 bridgehead atoms. The number of rotatable bonds is 5. The van der Waals surface area contributed by atoms with E-state index in [-0.39, 0.29) is 16.8 Å². The van der Waals surface area contributed by atoms with Gasteiger partial charge in [0, 0.05) is 18.7 Å². The van der Waals surface area contributed by atoms with Gasteiger partial charge in [-0.15, -0.1) is 0 Å². The number of sulfonamides is 1. The fourth-order valence-corrected chi connectivity index (χ4v) is 4.29. The number of benzene rings is 2. The van der Waals surface area contributed by atoms with E-state index >= 15 is 0 Å². The lowest BCUT2D eigenvalue weighted by Crippen LogP contribution is -2.40. The van der Waals surface area contributed by atoms with Crippen LogP contribution in [-0.2, 0) is 14.8 Å². The summed E-state index contributed by atoms with van der Waals surface area (Å²) in [6.45, 7) is 3.30. The van der Waals surface area contributed by atoms with Crippen LogP contribution in [0.1, 0.15) is 28.9 Å². The second-order valence-corrected chi connectivity index (χ2v) is 8.09. The summed E-state index contributed by atoms with van der Waals surface area (Å²) < 4.78 is 32.1. The molecule has 6 nitrogen and oxygen atoms in total. The molecule has 7 heteroatoms. The Morgan fingerprint density at radius 2 is 1.77 bits per heavy atom. The van der Waals surface area contributed by atoms with Gasteiger partial charge in [-0.05, 0) is 30.7 Å². The van der Waals surface area contributed by atoms with Gasteiger partial charge in [-0.1, -0.05) is 36.4 Å². The molecular weight excluding hydrogens is 352 g/mol. The van der Waals surface area contributed by atoms with Crippen LogP contribution in [0.4, 0.5) is 0 Å². The first-order valence-corrected chi connectivity index (χ1v) is 9.96. The van der Waals surface area contributed by atoms with Crippen LogP contribution >= 0.6 is 0 Å². The highest BCUT2D eigenvalue weighted by Gasteiger charge is 2.27. The topological polar surface area (TPSA) is 75.7 Å². The lowest BCUT2D eigenvalue weighted by Gasteiger charge is -2.26. The predicted molar refractivity (Wildman–Crippen MR) is 98.3 cm³/mol. The molecule has 1 aliphatic rings. The number of hydrogen-bond donors (Lipinski definition) is 1. The minimum absolute atomic E-state index is 0.124. The SMILES string of the molecule is C[C@H](NC(=O)c1cccc(S(=O)(=O)N2CCOCC2)c1)c1ccccc1. The molecule has 2 aromatic carbocycles. The second-order valence-electron chi connectivity index (χ2n) is 6.15. The van der Waals surface area contributed by atoms with Gasteiger partial charge in [0.1, 0.15) is 0 Å². The van der Waals surface area contributed by atoms with Crippen LogP contribution in [0.2, 0.25) is 0 Å². The summed E-state index contributed by atoms with van der Waals surface area (Å²) in [5.41, 5.74) is 1.31. The molecular formula is C19H22N2O4S. The van der Waals surface area contributed by atoms with Crippen molar-refractivity contribution in [2.75, 3.05) is 26.3 Å². The maximum atomic E-state index is 12.7. The summed E-state index contributed by atoms with van der Waals surface area (Å²) in [7, 11) is -3.63. The number of nitrogens with zero attached hydrogens (tertiary/aromatic N) is 1. The molecule has 0 unspecified atom stereocenters. The molecule has 1 amide bonds. The molecule has 138 valence electrons. The third kappa shape index (κ3) is 4.12. The highest BCUT2D eigenvalue weighted by Crippen LogP contribution is 2.19. The normalized spacial score (nSPS) is 16.8. The van der Waals surface area contributed by atoms with Crippen molar-refractivity contribution < 1.29 is 17.9 Å². The Bertz CT molecular complexity index is 862. The average Bonchev–Trinajstić information content (AvgIpc) is 2.69. The van der Waals surface area contributed by atoms with E-state index in [0.717, 1.165) is 5.56 Å². The second kappa shape index (κ2) is 7.99. The van der Waals surface area contributed by atoms with E-state index in [2.05, 4.69) is 5.32 Å². The Labute approximate surface area is 153 Å². The standard InChI is InChI=1S/C19H22N2O4S/c1-15(16-6-3-2-4-7-16)20-19(22)17-8-5-9-18(14-17)26(23,24)21-10-12-25-13-11-21/h2-9,14-15H,10-13H2,1H3,(H,20,22)/t15-/m0/s1. The fraction of sp³-hybridized carbons (Fsp3) is 0.316. The Balaban J connectivity index is 1.77. The zero-order chi connectivity index (χ0) is 18.6. The summed E-state index contributed by atoms with van der Waals surface area (Å²) in [5.74, 6) is -0.305. The first kappa shape index (κ1) is 18.6. The minimum Gasteiger partial charge on any atom is -0.379 e. The Morgan fingerprint density at radius 1 is 1.08 bits per heavy atom. The first-order valence-electron chi connectivity index (χ1n) is 8.52. The van der Waals surface area contributed by atoms with E-state index in [9.17, 15) is 13.2 Å². The van der Waals surface area contributed by atoms with Gasteiger partial charge in [-0.3, -0.25) is 4.79 Å². The molecule has 3 rings (SSSR count). The number of ether oxygens (including phenoxy) is 1. The van der Waals surface area contributed by atoms with Crippen LogP contribution in [0.15, 0.2) is 59.5 Å². The summed E-state index contributed by atoms with van der Waals surface area (Å²) in [5, 5.41) is 2.90. The van der Waals surface area contributed by atoms with Crippen molar-refractivity contribution in [1.82, 2.24) is 9.62 Å². The smallest absolute Gasteiger partial charge is 0.251 e. The van der Waals surface area contributed by atoms with Crippen LogP contribution in [-0.4, -0.2) is 44.9 Å². The Morgan fingerprint density at radius 3 is 2.46 bits per heavy atom. The number of hydrogen-bond acceptors (Lipinski definition) is 4. The van der Waals surface area contributed by atoms with E-state index in [1.165, 1.54) is 16.4 Å². The van der Waals surface area contributed by atoms with Gasteiger partial charge in [-0.2, -0.15) is 4.31 Å². The largest absolute Gasteiger partial charge is 0.379 e. The Kier molecular flexibility index (Phi) is 5.70. The zero-order valence-electron chi connectivity index (χ0n) is 14.6. The summed E-state index contributed by atoms with van der Waals surface area (Å²) in [4.78, 5) is 12.7. The van der Waals surface area contributed by atoms with Crippen LogP contribution in [0.5, 0.6) is 0 Å².